The lowest BCUT2D eigenvalue weighted by molar-refractivity contribution is -0.135. The maximum absolute atomic E-state index is 13.8. The molecule has 4 aliphatic rings. The third-order valence-corrected chi connectivity index (χ3v) is 7.53. The third-order valence-electron chi connectivity index (χ3n) is 7.53. The number of fused-ring (bicyclic) bond motifs is 7. The normalized spacial score (nSPS) is 31.4. The van der Waals surface area contributed by atoms with Crippen LogP contribution in [0.1, 0.15) is 29.5 Å². The Labute approximate surface area is 179 Å². The second kappa shape index (κ2) is 6.01. The van der Waals surface area contributed by atoms with Crippen LogP contribution in [0.25, 0.3) is 0 Å². The average molecular weight is 419 g/mol. The van der Waals surface area contributed by atoms with E-state index >= 15 is 0 Å². The van der Waals surface area contributed by atoms with Crippen LogP contribution < -0.4 is 10.2 Å². The highest BCUT2D eigenvalue weighted by atomic mass is 19.1. The first-order valence-electron chi connectivity index (χ1n) is 10.7. The molecule has 3 fully saturated rings. The molecule has 2 aromatic rings. The van der Waals surface area contributed by atoms with Gasteiger partial charge in [0, 0.05) is 17.3 Å². The SMILES string of the molecule is Cc1cc(C)c2c(c1)[C@]1(C(=O)N2)[C@@H]2C(=O)N(c3ccc(F)cc3)C(=O)[C@H]2[C@H]2CCCN21. The fraction of sp³-hybridized carbons (Fsp3) is 0.375. The topological polar surface area (TPSA) is 69.7 Å². The van der Waals surface area contributed by atoms with Gasteiger partial charge in [0.2, 0.25) is 17.7 Å². The first kappa shape index (κ1) is 18.7. The number of anilines is 2. The molecule has 0 radical (unpaired) electrons. The maximum Gasteiger partial charge on any atom is 0.250 e. The summed E-state index contributed by atoms with van der Waals surface area (Å²) in [5.74, 6) is -2.70. The molecule has 2 aromatic carbocycles. The minimum absolute atomic E-state index is 0.163. The summed E-state index contributed by atoms with van der Waals surface area (Å²) in [7, 11) is 0. The van der Waals surface area contributed by atoms with Crippen LogP contribution in [0.5, 0.6) is 0 Å². The van der Waals surface area contributed by atoms with Crippen LogP contribution in [0.4, 0.5) is 15.8 Å². The summed E-state index contributed by atoms with van der Waals surface area (Å²) in [6, 6.07) is 9.21. The van der Waals surface area contributed by atoms with Gasteiger partial charge in [-0.05, 0) is 63.1 Å². The van der Waals surface area contributed by atoms with Gasteiger partial charge in [0.1, 0.15) is 11.4 Å². The first-order valence-corrected chi connectivity index (χ1v) is 10.7. The van der Waals surface area contributed by atoms with Crippen LogP contribution in [-0.2, 0) is 19.9 Å². The van der Waals surface area contributed by atoms with Gasteiger partial charge in [-0.1, -0.05) is 17.7 Å². The zero-order chi connectivity index (χ0) is 21.7. The molecule has 3 saturated heterocycles. The summed E-state index contributed by atoms with van der Waals surface area (Å²) in [5, 5.41) is 3.04. The summed E-state index contributed by atoms with van der Waals surface area (Å²) in [5.41, 5.74) is 2.69. The average Bonchev–Trinajstić information content (AvgIpc) is 3.42. The van der Waals surface area contributed by atoms with E-state index in [-0.39, 0.29) is 23.8 Å². The van der Waals surface area contributed by atoms with Gasteiger partial charge in [0.05, 0.1) is 17.5 Å². The number of hydrogen-bond donors (Lipinski definition) is 1. The van der Waals surface area contributed by atoms with Crippen molar-refractivity contribution >= 4 is 29.1 Å². The van der Waals surface area contributed by atoms with Crippen molar-refractivity contribution in [2.24, 2.45) is 11.8 Å². The molecule has 3 amide bonds. The largest absolute Gasteiger partial charge is 0.324 e. The number of amides is 3. The van der Waals surface area contributed by atoms with Crippen molar-refractivity contribution in [3.63, 3.8) is 0 Å². The molecule has 6 nitrogen and oxygen atoms in total. The van der Waals surface area contributed by atoms with Crippen LogP contribution >= 0.6 is 0 Å². The first-order chi connectivity index (χ1) is 14.9. The number of halogens is 1. The van der Waals surface area contributed by atoms with Crippen molar-refractivity contribution in [3.05, 3.63) is 58.9 Å². The van der Waals surface area contributed by atoms with Gasteiger partial charge >= 0.3 is 0 Å². The zero-order valence-electron chi connectivity index (χ0n) is 17.3. The number of aryl methyl sites for hydroxylation is 2. The third kappa shape index (κ3) is 2.12. The minimum Gasteiger partial charge on any atom is -0.324 e. The Kier molecular flexibility index (Phi) is 3.62. The van der Waals surface area contributed by atoms with Crippen molar-refractivity contribution < 1.29 is 18.8 Å². The second-order valence-electron chi connectivity index (χ2n) is 9.12. The molecule has 0 aliphatic carbocycles. The van der Waals surface area contributed by atoms with E-state index in [1.165, 1.54) is 29.2 Å². The molecule has 31 heavy (non-hydrogen) atoms. The van der Waals surface area contributed by atoms with Gasteiger partial charge in [-0.3, -0.25) is 19.3 Å². The molecule has 4 aliphatic heterocycles. The van der Waals surface area contributed by atoms with Crippen molar-refractivity contribution in [2.45, 2.75) is 38.3 Å². The van der Waals surface area contributed by atoms with E-state index in [2.05, 4.69) is 10.2 Å². The summed E-state index contributed by atoms with van der Waals surface area (Å²) in [4.78, 5) is 44.3. The molecule has 6 rings (SSSR count). The molecular weight excluding hydrogens is 397 g/mol. The Balaban J connectivity index is 1.57. The Hall–Kier alpha value is -3.06. The van der Waals surface area contributed by atoms with Crippen LogP contribution in [-0.4, -0.2) is 35.2 Å². The number of nitrogens with zero attached hydrogens (tertiary/aromatic N) is 2. The predicted molar refractivity (Wildman–Crippen MR) is 112 cm³/mol. The molecule has 0 unspecified atom stereocenters. The molecule has 0 bridgehead atoms. The highest BCUT2D eigenvalue weighted by Crippen LogP contribution is 2.61. The highest BCUT2D eigenvalue weighted by Gasteiger charge is 2.74. The standard InChI is InChI=1S/C24H22FN3O3/c1-12-10-13(2)20-16(11-12)24(23(31)26-20)19-18(17-4-3-9-27(17)24)21(29)28(22(19)30)15-7-5-14(25)6-8-15/h5-8,10-11,17-19H,3-4,9H2,1-2H3,(H,26,31)/t17-,18+,19+,24-/m1/s1. The van der Waals surface area contributed by atoms with E-state index < -0.39 is 23.2 Å². The lowest BCUT2D eigenvalue weighted by atomic mass is 9.75. The molecule has 4 heterocycles. The Morgan fingerprint density at radius 2 is 1.81 bits per heavy atom. The van der Waals surface area contributed by atoms with Gasteiger partial charge in [-0.15, -0.1) is 0 Å². The van der Waals surface area contributed by atoms with Crippen LogP contribution in [0, 0.1) is 31.5 Å². The van der Waals surface area contributed by atoms with Crippen molar-refractivity contribution in [1.82, 2.24) is 4.90 Å². The Morgan fingerprint density at radius 1 is 1.06 bits per heavy atom. The number of carbonyl (C=O) groups excluding carboxylic acids is 3. The number of benzene rings is 2. The number of nitrogens with one attached hydrogen (secondary N) is 1. The van der Waals surface area contributed by atoms with E-state index in [4.69, 9.17) is 0 Å². The van der Waals surface area contributed by atoms with Gasteiger partial charge in [-0.25, -0.2) is 9.29 Å². The van der Waals surface area contributed by atoms with E-state index in [0.717, 1.165) is 35.2 Å². The van der Waals surface area contributed by atoms with E-state index in [0.29, 0.717) is 12.2 Å². The minimum atomic E-state index is -1.18. The number of imide groups is 1. The van der Waals surface area contributed by atoms with E-state index in [1.54, 1.807) is 0 Å². The zero-order valence-corrected chi connectivity index (χ0v) is 17.3. The number of hydrogen-bond acceptors (Lipinski definition) is 4. The van der Waals surface area contributed by atoms with Crippen molar-refractivity contribution in [2.75, 3.05) is 16.8 Å². The number of rotatable bonds is 1. The van der Waals surface area contributed by atoms with Crippen LogP contribution in [0.3, 0.4) is 0 Å². The predicted octanol–water partition coefficient (Wildman–Crippen LogP) is 2.87. The van der Waals surface area contributed by atoms with Gasteiger partial charge in [-0.2, -0.15) is 0 Å². The van der Waals surface area contributed by atoms with E-state index in [9.17, 15) is 18.8 Å². The summed E-state index contributed by atoms with van der Waals surface area (Å²) in [6.45, 7) is 4.60. The van der Waals surface area contributed by atoms with Gasteiger partial charge in [0.15, 0.2) is 0 Å². The molecule has 1 spiro atoms. The molecule has 7 heteroatoms. The van der Waals surface area contributed by atoms with E-state index in [1.807, 2.05) is 26.0 Å². The summed E-state index contributed by atoms with van der Waals surface area (Å²) >= 11 is 0. The molecular formula is C24H22FN3O3. The fourth-order valence-electron chi connectivity index (χ4n) is 6.50. The van der Waals surface area contributed by atoms with Crippen molar-refractivity contribution in [3.8, 4) is 0 Å². The van der Waals surface area contributed by atoms with Crippen molar-refractivity contribution in [1.29, 1.82) is 0 Å². The lowest BCUT2D eigenvalue weighted by Crippen LogP contribution is -2.54. The van der Waals surface area contributed by atoms with Crippen LogP contribution in [0.15, 0.2) is 36.4 Å². The number of carbonyl (C=O) groups is 3. The van der Waals surface area contributed by atoms with Gasteiger partial charge < -0.3 is 5.32 Å². The quantitative estimate of drug-likeness (QED) is 0.722. The lowest BCUT2D eigenvalue weighted by Gasteiger charge is -2.36. The summed E-state index contributed by atoms with van der Waals surface area (Å²) < 4.78 is 13.5. The summed E-state index contributed by atoms with van der Waals surface area (Å²) in [6.07, 6.45) is 1.65. The fourth-order valence-corrected chi connectivity index (χ4v) is 6.50. The second-order valence-corrected chi connectivity index (χ2v) is 9.12. The van der Waals surface area contributed by atoms with Gasteiger partial charge in [0.25, 0.3) is 0 Å². The molecule has 4 atom stereocenters. The van der Waals surface area contributed by atoms with Crippen LogP contribution in [0.2, 0.25) is 0 Å². The molecule has 1 N–H and O–H groups in total. The monoisotopic (exact) mass is 419 g/mol. The molecule has 158 valence electrons. The molecule has 0 saturated carbocycles. The molecule has 0 aromatic heterocycles. The highest BCUT2D eigenvalue weighted by molar-refractivity contribution is 6.25. The maximum atomic E-state index is 13.8. The Morgan fingerprint density at radius 3 is 2.55 bits per heavy atom. The smallest absolute Gasteiger partial charge is 0.250 e. The Bertz CT molecular complexity index is 1180.